The predicted molar refractivity (Wildman–Crippen MR) is 72.6 cm³/mol. The third-order valence-corrected chi connectivity index (χ3v) is 4.03. The Morgan fingerprint density at radius 1 is 1.32 bits per heavy atom. The highest BCUT2D eigenvalue weighted by Gasteiger charge is 2.53. The average molecular weight is 270 g/mol. The van der Waals surface area contributed by atoms with Crippen molar-refractivity contribution in [3.63, 3.8) is 0 Å². The molecule has 0 aromatic heterocycles. The molecular weight excluding hydrogens is 244 g/mol. The van der Waals surface area contributed by atoms with Crippen LogP contribution in [0.1, 0.15) is 59.3 Å². The van der Waals surface area contributed by atoms with Crippen LogP contribution in [0.4, 0.5) is 0 Å². The second-order valence-electron chi connectivity index (χ2n) is 5.61. The highest BCUT2D eigenvalue weighted by atomic mass is 16.6. The summed E-state index contributed by atoms with van der Waals surface area (Å²) in [5, 5.41) is 0. The van der Waals surface area contributed by atoms with E-state index in [1.54, 1.807) is 6.92 Å². The van der Waals surface area contributed by atoms with E-state index in [-0.39, 0.29) is 5.92 Å². The second-order valence-corrected chi connectivity index (χ2v) is 5.61. The molecule has 0 aromatic rings. The van der Waals surface area contributed by atoms with E-state index in [4.69, 9.17) is 9.47 Å². The van der Waals surface area contributed by atoms with Crippen molar-refractivity contribution in [3.05, 3.63) is 0 Å². The van der Waals surface area contributed by atoms with Crippen molar-refractivity contribution < 1.29 is 19.1 Å². The van der Waals surface area contributed by atoms with Crippen LogP contribution in [0.5, 0.6) is 0 Å². The maximum atomic E-state index is 12.0. The zero-order valence-electron chi connectivity index (χ0n) is 12.4. The molecule has 4 heteroatoms. The summed E-state index contributed by atoms with van der Waals surface area (Å²) < 4.78 is 10.2. The van der Waals surface area contributed by atoms with Gasteiger partial charge < -0.3 is 9.47 Å². The van der Waals surface area contributed by atoms with Gasteiger partial charge in [-0.15, -0.1) is 0 Å². The summed E-state index contributed by atoms with van der Waals surface area (Å²) in [4.78, 5) is 23.6. The molecule has 110 valence electrons. The molecular formula is C15H26O4. The Kier molecular flexibility index (Phi) is 6.32. The van der Waals surface area contributed by atoms with Crippen LogP contribution in [0.15, 0.2) is 0 Å². The summed E-state index contributed by atoms with van der Waals surface area (Å²) >= 11 is 0. The maximum absolute atomic E-state index is 12.0. The van der Waals surface area contributed by atoms with Crippen LogP contribution in [0.3, 0.4) is 0 Å². The second kappa shape index (κ2) is 7.51. The van der Waals surface area contributed by atoms with Crippen molar-refractivity contribution in [3.8, 4) is 0 Å². The molecule has 1 fully saturated rings. The molecule has 0 bridgehead atoms. The van der Waals surface area contributed by atoms with Crippen molar-refractivity contribution in [2.45, 2.75) is 59.3 Å². The fourth-order valence-electron chi connectivity index (χ4n) is 2.20. The molecule has 0 radical (unpaired) electrons. The first-order valence-corrected chi connectivity index (χ1v) is 7.38. The van der Waals surface area contributed by atoms with Gasteiger partial charge in [0.1, 0.15) is 0 Å². The number of ether oxygens (including phenoxy) is 2. The highest BCUT2D eigenvalue weighted by Crippen LogP contribution is 2.36. The molecule has 2 atom stereocenters. The monoisotopic (exact) mass is 270 g/mol. The Balaban J connectivity index is 2.22. The number of hydrogen-bond acceptors (Lipinski definition) is 4. The van der Waals surface area contributed by atoms with E-state index < -0.39 is 17.4 Å². The van der Waals surface area contributed by atoms with Gasteiger partial charge in [0, 0.05) is 5.92 Å². The lowest BCUT2D eigenvalue weighted by Crippen LogP contribution is -2.39. The van der Waals surface area contributed by atoms with Gasteiger partial charge in [0.05, 0.1) is 13.2 Å². The predicted octanol–water partition coefficient (Wildman–Crippen LogP) is 3.09. The minimum Gasteiger partial charge on any atom is -0.465 e. The Bertz CT molecular complexity index is 313. The number of cyclic esters (lactones) is 1. The molecule has 1 saturated heterocycles. The van der Waals surface area contributed by atoms with Crippen molar-refractivity contribution in [2.24, 2.45) is 11.3 Å². The van der Waals surface area contributed by atoms with Crippen molar-refractivity contribution in [1.29, 1.82) is 0 Å². The SMILES string of the molecule is CCCCCCCCOC(=O)C1(C)C(=O)OCC1C. The molecule has 0 saturated carbocycles. The van der Waals surface area contributed by atoms with Crippen LogP contribution in [0.25, 0.3) is 0 Å². The molecule has 2 unspecified atom stereocenters. The molecule has 0 aromatic carbocycles. The lowest BCUT2D eigenvalue weighted by Gasteiger charge is -2.21. The van der Waals surface area contributed by atoms with Crippen LogP contribution < -0.4 is 0 Å². The standard InChI is InChI=1S/C15H26O4/c1-4-5-6-7-8-9-10-18-13(16)15(3)12(2)11-19-14(15)17/h12H,4-11H2,1-3H3. The van der Waals surface area contributed by atoms with E-state index in [0.29, 0.717) is 13.2 Å². The van der Waals surface area contributed by atoms with Gasteiger partial charge in [-0.05, 0) is 13.3 Å². The normalized spacial score (nSPS) is 26.3. The van der Waals surface area contributed by atoms with Crippen LogP contribution in [0.2, 0.25) is 0 Å². The van der Waals surface area contributed by atoms with Gasteiger partial charge in [-0.3, -0.25) is 9.59 Å². The van der Waals surface area contributed by atoms with Gasteiger partial charge in [0.2, 0.25) is 0 Å². The Labute approximate surface area is 115 Å². The molecule has 1 aliphatic heterocycles. The largest absolute Gasteiger partial charge is 0.465 e. The number of carbonyl (C=O) groups excluding carboxylic acids is 2. The van der Waals surface area contributed by atoms with Crippen molar-refractivity contribution in [1.82, 2.24) is 0 Å². The maximum Gasteiger partial charge on any atom is 0.323 e. The molecule has 0 aliphatic carbocycles. The first-order chi connectivity index (χ1) is 9.03. The molecule has 1 heterocycles. The Morgan fingerprint density at radius 3 is 2.53 bits per heavy atom. The van der Waals surface area contributed by atoms with Crippen LogP contribution in [0, 0.1) is 11.3 Å². The summed E-state index contributed by atoms with van der Waals surface area (Å²) in [5.41, 5.74) is -1.11. The van der Waals surface area contributed by atoms with E-state index in [1.807, 2.05) is 6.92 Å². The molecule has 0 amide bonds. The van der Waals surface area contributed by atoms with Crippen molar-refractivity contribution in [2.75, 3.05) is 13.2 Å². The van der Waals surface area contributed by atoms with E-state index >= 15 is 0 Å². The van der Waals surface area contributed by atoms with Gasteiger partial charge in [0.25, 0.3) is 0 Å². The fraction of sp³-hybridized carbons (Fsp3) is 0.867. The Hall–Kier alpha value is -1.06. The summed E-state index contributed by atoms with van der Waals surface area (Å²) in [7, 11) is 0. The number of unbranched alkanes of at least 4 members (excludes halogenated alkanes) is 5. The third-order valence-electron chi connectivity index (χ3n) is 4.03. The van der Waals surface area contributed by atoms with Gasteiger partial charge in [0.15, 0.2) is 5.41 Å². The number of hydrogen-bond donors (Lipinski definition) is 0. The lowest BCUT2D eigenvalue weighted by molar-refractivity contribution is -0.165. The third kappa shape index (κ3) is 3.95. The quantitative estimate of drug-likeness (QED) is 0.386. The molecule has 4 nitrogen and oxygen atoms in total. The summed E-state index contributed by atoms with van der Waals surface area (Å²) in [5.74, 6) is -0.999. The lowest BCUT2D eigenvalue weighted by atomic mass is 9.80. The topological polar surface area (TPSA) is 52.6 Å². The van der Waals surface area contributed by atoms with Crippen molar-refractivity contribution >= 4 is 11.9 Å². The van der Waals surface area contributed by atoms with Gasteiger partial charge in [-0.25, -0.2) is 0 Å². The van der Waals surface area contributed by atoms with E-state index in [1.165, 1.54) is 25.7 Å². The van der Waals surface area contributed by atoms with Crippen LogP contribution in [-0.2, 0) is 19.1 Å². The Morgan fingerprint density at radius 2 is 1.95 bits per heavy atom. The first kappa shape index (κ1) is 16.0. The summed E-state index contributed by atoms with van der Waals surface area (Å²) in [6.07, 6.45) is 6.86. The number of rotatable bonds is 8. The number of esters is 2. The first-order valence-electron chi connectivity index (χ1n) is 7.38. The zero-order chi connectivity index (χ0) is 14.3. The highest BCUT2D eigenvalue weighted by molar-refractivity contribution is 6.01. The summed E-state index contributed by atoms with van der Waals surface area (Å²) in [6.45, 7) is 6.36. The minimum atomic E-state index is -1.11. The summed E-state index contributed by atoms with van der Waals surface area (Å²) in [6, 6.07) is 0. The minimum absolute atomic E-state index is 0.114. The van der Waals surface area contributed by atoms with Gasteiger partial charge in [-0.2, -0.15) is 0 Å². The van der Waals surface area contributed by atoms with E-state index in [0.717, 1.165) is 12.8 Å². The zero-order valence-corrected chi connectivity index (χ0v) is 12.4. The molecule has 1 aliphatic rings. The van der Waals surface area contributed by atoms with Gasteiger partial charge in [-0.1, -0.05) is 46.0 Å². The molecule has 19 heavy (non-hydrogen) atoms. The van der Waals surface area contributed by atoms with Crippen LogP contribution >= 0.6 is 0 Å². The van der Waals surface area contributed by atoms with Crippen LogP contribution in [-0.4, -0.2) is 25.2 Å². The fourth-order valence-corrected chi connectivity index (χ4v) is 2.20. The van der Waals surface area contributed by atoms with Gasteiger partial charge >= 0.3 is 11.9 Å². The number of carbonyl (C=O) groups is 2. The van der Waals surface area contributed by atoms with E-state index in [2.05, 4.69) is 6.92 Å². The average Bonchev–Trinajstić information content (AvgIpc) is 2.66. The molecule has 0 spiro atoms. The van der Waals surface area contributed by atoms with E-state index in [9.17, 15) is 9.59 Å². The smallest absolute Gasteiger partial charge is 0.323 e. The molecule has 0 N–H and O–H groups in total. The molecule has 1 rings (SSSR count).